The zero-order valence-electron chi connectivity index (χ0n) is 15.7. The molecule has 1 aliphatic rings. The van der Waals surface area contributed by atoms with Crippen molar-refractivity contribution in [3.8, 4) is 0 Å². The number of nitro groups is 1. The molecule has 0 aliphatic carbocycles. The molecule has 7 nitrogen and oxygen atoms in total. The number of nitrogens with zero attached hydrogens (tertiary/aromatic N) is 2. The Bertz CT molecular complexity index is 1000. The number of aliphatic hydroxyl groups is 1. The van der Waals surface area contributed by atoms with Crippen LogP contribution in [0.25, 0.3) is 5.76 Å². The minimum absolute atomic E-state index is 0.0890. The topological polar surface area (TPSA) is 101 Å². The van der Waals surface area contributed by atoms with Crippen molar-refractivity contribution in [3.63, 3.8) is 0 Å². The van der Waals surface area contributed by atoms with E-state index in [4.69, 9.17) is 11.6 Å². The fourth-order valence-corrected chi connectivity index (χ4v) is 3.48. The summed E-state index contributed by atoms with van der Waals surface area (Å²) < 4.78 is 0. The predicted molar refractivity (Wildman–Crippen MR) is 108 cm³/mol. The Morgan fingerprint density at radius 1 is 1.21 bits per heavy atom. The molecule has 1 saturated heterocycles. The summed E-state index contributed by atoms with van der Waals surface area (Å²) in [6.07, 6.45) is 1.45. The third kappa shape index (κ3) is 4.00. The second-order valence-electron chi connectivity index (χ2n) is 6.71. The van der Waals surface area contributed by atoms with Crippen LogP contribution in [0.1, 0.15) is 36.9 Å². The molecular formula is C21H19ClN2O5. The lowest BCUT2D eigenvalue weighted by atomic mass is 9.95. The van der Waals surface area contributed by atoms with E-state index >= 15 is 0 Å². The van der Waals surface area contributed by atoms with E-state index in [1.165, 1.54) is 23.1 Å². The molecule has 0 spiro atoms. The summed E-state index contributed by atoms with van der Waals surface area (Å²) in [5.41, 5.74) is 0.479. The fourth-order valence-electron chi connectivity index (χ4n) is 3.36. The fraction of sp³-hybridized carbons (Fsp3) is 0.238. The number of carbonyl (C=O) groups is 2. The molecule has 2 aromatic rings. The number of unbranched alkanes of at least 4 members (excludes halogenated alkanes) is 1. The molecule has 0 bridgehead atoms. The molecule has 1 atom stereocenters. The number of amides is 1. The number of rotatable bonds is 6. The van der Waals surface area contributed by atoms with Crippen LogP contribution in [0.15, 0.2) is 54.1 Å². The van der Waals surface area contributed by atoms with Gasteiger partial charge in [0.1, 0.15) is 5.76 Å². The Labute approximate surface area is 172 Å². The number of non-ortho nitro benzene ring substituents is 1. The van der Waals surface area contributed by atoms with Gasteiger partial charge in [-0.3, -0.25) is 19.7 Å². The van der Waals surface area contributed by atoms with Crippen LogP contribution in [0.4, 0.5) is 5.69 Å². The quantitative estimate of drug-likeness (QED) is 0.247. The van der Waals surface area contributed by atoms with Crippen LogP contribution >= 0.6 is 11.6 Å². The standard InChI is InChI=1S/C21H19ClN2O5/c1-2-3-11-23-18(14-5-4-6-16(12-14)24(28)29)17(20(26)21(23)27)19(25)13-7-9-15(22)10-8-13/h4-10,12,18,25H,2-3,11H2,1H3/b19-17+. The van der Waals surface area contributed by atoms with Crippen molar-refractivity contribution in [3.05, 3.63) is 80.4 Å². The van der Waals surface area contributed by atoms with Gasteiger partial charge in [0, 0.05) is 29.3 Å². The van der Waals surface area contributed by atoms with E-state index in [1.807, 2.05) is 6.92 Å². The van der Waals surface area contributed by atoms with Gasteiger partial charge in [0.15, 0.2) is 0 Å². The second kappa shape index (κ2) is 8.45. The number of ketones is 1. The Balaban J connectivity index is 2.18. The molecule has 2 aromatic carbocycles. The summed E-state index contributed by atoms with van der Waals surface area (Å²) in [6.45, 7) is 2.25. The average molecular weight is 415 g/mol. The van der Waals surface area contributed by atoms with E-state index in [-0.39, 0.29) is 17.0 Å². The van der Waals surface area contributed by atoms with Crippen molar-refractivity contribution in [2.24, 2.45) is 0 Å². The van der Waals surface area contributed by atoms with Gasteiger partial charge in [0.05, 0.1) is 16.5 Å². The van der Waals surface area contributed by atoms with Crippen molar-refractivity contribution < 1.29 is 19.6 Å². The number of hydrogen-bond acceptors (Lipinski definition) is 5. The largest absolute Gasteiger partial charge is 0.507 e. The van der Waals surface area contributed by atoms with Gasteiger partial charge in [0.2, 0.25) is 0 Å². The zero-order valence-corrected chi connectivity index (χ0v) is 16.4. The van der Waals surface area contributed by atoms with E-state index in [1.54, 1.807) is 30.3 Å². The van der Waals surface area contributed by atoms with Crippen LogP contribution in [-0.4, -0.2) is 33.2 Å². The van der Waals surface area contributed by atoms with Crippen LogP contribution in [0.2, 0.25) is 5.02 Å². The SMILES string of the molecule is CCCCN1C(=O)C(=O)/C(=C(/O)c2ccc(Cl)cc2)C1c1cccc([N+](=O)[O-])c1. The average Bonchev–Trinajstić information content (AvgIpc) is 2.97. The summed E-state index contributed by atoms with van der Waals surface area (Å²) in [5, 5.41) is 22.5. The Morgan fingerprint density at radius 3 is 2.52 bits per heavy atom. The van der Waals surface area contributed by atoms with Gasteiger partial charge in [-0.1, -0.05) is 37.1 Å². The molecular weight excluding hydrogens is 396 g/mol. The highest BCUT2D eigenvalue weighted by molar-refractivity contribution is 6.46. The highest BCUT2D eigenvalue weighted by Crippen LogP contribution is 2.40. The third-order valence-corrected chi connectivity index (χ3v) is 5.06. The minimum atomic E-state index is -0.905. The normalized spacial score (nSPS) is 18.3. The molecule has 1 amide bonds. The number of carbonyl (C=O) groups excluding carboxylic acids is 2. The first-order valence-corrected chi connectivity index (χ1v) is 9.51. The molecule has 1 heterocycles. The third-order valence-electron chi connectivity index (χ3n) is 4.81. The van der Waals surface area contributed by atoms with E-state index in [9.17, 15) is 24.8 Å². The van der Waals surface area contributed by atoms with E-state index in [0.717, 1.165) is 6.42 Å². The number of hydrogen-bond donors (Lipinski definition) is 1. The van der Waals surface area contributed by atoms with E-state index in [2.05, 4.69) is 0 Å². The number of benzene rings is 2. The first-order chi connectivity index (χ1) is 13.8. The van der Waals surface area contributed by atoms with Crippen LogP contribution in [0, 0.1) is 10.1 Å². The summed E-state index contributed by atoms with van der Waals surface area (Å²) in [7, 11) is 0. The lowest BCUT2D eigenvalue weighted by Crippen LogP contribution is -2.30. The molecule has 1 N–H and O–H groups in total. The van der Waals surface area contributed by atoms with Crippen molar-refractivity contribution in [1.29, 1.82) is 0 Å². The summed E-state index contributed by atoms with van der Waals surface area (Å²) >= 11 is 5.89. The minimum Gasteiger partial charge on any atom is -0.507 e. The molecule has 29 heavy (non-hydrogen) atoms. The predicted octanol–water partition coefficient (Wildman–Crippen LogP) is 4.47. The monoisotopic (exact) mass is 414 g/mol. The van der Waals surface area contributed by atoms with Gasteiger partial charge in [0.25, 0.3) is 17.4 Å². The highest BCUT2D eigenvalue weighted by atomic mass is 35.5. The molecule has 1 aliphatic heterocycles. The Kier molecular flexibility index (Phi) is 5.98. The molecule has 1 unspecified atom stereocenters. The van der Waals surface area contributed by atoms with Crippen molar-refractivity contribution in [2.45, 2.75) is 25.8 Å². The maximum Gasteiger partial charge on any atom is 0.295 e. The summed E-state index contributed by atoms with van der Waals surface area (Å²) in [5.74, 6) is -1.88. The van der Waals surface area contributed by atoms with Crippen LogP contribution in [0.5, 0.6) is 0 Å². The first-order valence-electron chi connectivity index (χ1n) is 9.13. The first kappa shape index (κ1) is 20.5. The lowest BCUT2D eigenvalue weighted by molar-refractivity contribution is -0.384. The lowest BCUT2D eigenvalue weighted by Gasteiger charge is -2.25. The summed E-state index contributed by atoms with van der Waals surface area (Å²) in [6, 6.07) is 11.1. The molecule has 0 saturated carbocycles. The number of halogens is 1. The smallest absolute Gasteiger partial charge is 0.295 e. The van der Waals surface area contributed by atoms with Gasteiger partial charge in [-0.15, -0.1) is 0 Å². The number of likely N-dealkylation sites (tertiary alicyclic amines) is 1. The van der Waals surface area contributed by atoms with Crippen LogP contribution < -0.4 is 0 Å². The van der Waals surface area contributed by atoms with E-state index < -0.39 is 22.7 Å². The molecule has 8 heteroatoms. The molecule has 0 aromatic heterocycles. The van der Waals surface area contributed by atoms with Crippen LogP contribution in [-0.2, 0) is 9.59 Å². The molecule has 0 radical (unpaired) electrons. The molecule has 1 fully saturated rings. The number of Topliss-reactive ketones (excluding diaryl/α,β-unsaturated/α-hetero) is 1. The Morgan fingerprint density at radius 2 is 1.90 bits per heavy atom. The van der Waals surface area contributed by atoms with Gasteiger partial charge >= 0.3 is 0 Å². The van der Waals surface area contributed by atoms with Gasteiger partial charge in [-0.05, 0) is 36.2 Å². The molecule has 150 valence electrons. The van der Waals surface area contributed by atoms with Gasteiger partial charge in [-0.25, -0.2) is 0 Å². The maximum atomic E-state index is 12.8. The van der Waals surface area contributed by atoms with E-state index in [0.29, 0.717) is 29.1 Å². The van der Waals surface area contributed by atoms with Gasteiger partial charge < -0.3 is 10.0 Å². The van der Waals surface area contributed by atoms with Crippen molar-refractivity contribution in [2.75, 3.05) is 6.54 Å². The summed E-state index contributed by atoms with van der Waals surface area (Å²) in [4.78, 5) is 37.5. The van der Waals surface area contributed by atoms with Crippen LogP contribution in [0.3, 0.4) is 0 Å². The van der Waals surface area contributed by atoms with Crippen molar-refractivity contribution >= 4 is 34.7 Å². The second-order valence-corrected chi connectivity index (χ2v) is 7.14. The maximum absolute atomic E-state index is 12.8. The molecule has 3 rings (SSSR count). The van der Waals surface area contributed by atoms with Crippen molar-refractivity contribution in [1.82, 2.24) is 4.90 Å². The number of nitro benzene ring substituents is 1. The number of aliphatic hydroxyl groups excluding tert-OH is 1. The van der Waals surface area contributed by atoms with Gasteiger partial charge in [-0.2, -0.15) is 0 Å². The Hall–Kier alpha value is -3.19. The zero-order chi connectivity index (χ0) is 21.1. The highest BCUT2D eigenvalue weighted by Gasteiger charge is 2.46.